The molecule has 24 heavy (non-hydrogen) atoms. The summed E-state index contributed by atoms with van der Waals surface area (Å²) in [5.74, 6) is -0.210. The van der Waals surface area contributed by atoms with Gasteiger partial charge in [-0.25, -0.2) is 9.59 Å². The van der Waals surface area contributed by atoms with E-state index in [1.165, 1.54) is 11.0 Å². The highest BCUT2D eigenvalue weighted by Gasteiger charge is 2.43. The van der Waals surface area contributed by atoms with Gasteiger partial charge in [-0.2, -0.15) is 0 Å². The molecule has 0 spiro atoms. The number of amides is 3. The number of carbonyl (C=O) groups is 2. The van der Waals surface area contributed by atoms with Gasteiger partial charge in [0.25, 0.3) is 5.91 Å². The van der Waals surface area contributed by atoms with E-state index in [2.05, 4.69) is 0 Å². The normalized spacial score (nSPS) is 18.0. The fraction of sp³-hybridized carbons (Fsp3) is 0.389. The van der Waals surface area contributed by atoms with Gasteiger partial charge in [0.05, 0.1) is 6.54 Å². The van der Waals surface area contributed by atoms with E-state index in [0.717, 1.165) is 30.2 Å². The highest BCUT2D eigenvalue weighted by Crippen LogP contribution is 2.31. The Balaban J connectivity index is 1.70. The number of benzene rings is 1. The van der Waals surface area contributed by atoms with Gasteiger partial charge in [0.15, 0.2) is 0 Å². The Bertz CT molecular complexity index is 898. The highest BCUT2D eigenvalue weighted by atomic mass is 16.4. The summed E-state index contributed by atoms with van der Waals surface area (Å²) in [6.07, 6.45) is 2.76. The van der Waals surface area contributed by atoms with E-state index in [0.29, 0.717) is 11.1 Å². The fourth-order valence-electron chi connectivity index (χ4n) is 3.18. The molecule has 1 aliphatic carbocycles. The summed E-state index contributed by atoms with van der Waals surface area (Å²) in [7, 11) is 0. The van der Waals surface area contributed by atoms with Crippen LogP contribution in [0.1, 0.15) is 30.9 Å². The second-order valence-corrected chi connectivity index (χ2v) is 6.40. The van der Waals surface area contributed by atoms with Gasteiger partial charge < -0.3 is 9.32 Å². The lowest BCUT2D eigenvalue weighted by Gasteiger charge is -2.17. The van der Waals surface area contributed by atoms with E-state index >= 15 is 0 Å². The number of rotatable bonds is 4. The van der Waals surface area contributed by atoms with Gasteiger partial charge in [-0.05, 0) is 36.5 Å². The van der Waals surface area contributed by atoms with Crippen LogP contribution in [-0.2, 0) is 17.8 Å². The van der Waals surface area contributed by atoms with Crippen molar-refractivity contribution in [3.63, 3.8) is 0 Å². The highest BCUT2D eigenvalue weighted by molar-refractivity contribution is 6.02. The lowest BCUT2D eigenvalue weighted by Crippen LogP contribution is -2.33. The molecule has 0 unspecified atom stereocenters. The van der Waals surface area contributed by atoms with Crippen molar-refractivity contribution in [2.75, 3.05) is 6.54 Å². The third-order valence-electron chi connectivity index (χ3n) is 4.70. The Labute approximate surface area is 138 Å². The molecular formula is C18H18N2O4. The zero-order chi connectivity index (χ0) is 16.8. The summed E-state index contributed by atoms with van der Waals surface area (Å²) in [5, 5.41) is 0.761. The van der Waals surface area contributed by atoms with Gasteiger partial charge in [0.1, 0.15) is 12.1 Å². The Hall–Kier alpha value is -2.63. The topological polar surface area (TPSA) is 70.8 Å². The first kappa shape index (κ1) is 14.9. The van der Waals surface area contributed by atoms with Crippen LogP contribution in [0, 0.1) is 0 Å². The minimum atomic E-state index is -0.469. The third kappa shape index (κ3) is 2.48. The zero-order valence-electron chi connectivity index (χ0n) is 13.4. The first-order valence-electron chi connectivity index (χ1n) is 8.23. The number of fused-ring (bicyclic) bond motifs is 1. The molecule has 6 nitrogen and oxygen atoms in total. The molecule has 3 amide bonds. The molecule has 6 heteroatoms. The molecule has 1 aromatic heterocycles. The van der Waals surface area contributed by atoms with Gasteiger partial charge in [-0.1, -0.05) is 19.1 Å². The van der Waals surface area contributed by atoms with E-state index < -0.39 is 5.63 Å². The van der Waals surface area contributed by atoms with Gasteiger partial charge in [0, 0.05) is 17.5 Å². The molecule has 124 valence electrons. The lowest BCUT2D eigenvalue weighted by atomic mass is 10.1. The second-order valence-electron chi connectivity index (χ2n) is 6.40. The number of hydrogen-bond donors (Lipinski definition) is 0. The predicted octanol–water partition coefficient (Wildman–Crippen LogP) is 2.28. The van der Waals surface area contributed by atoms with Gasteiger partial charge >= 0.3 is 11.7 Å². The van der Waals surface area contributed by atoms with Crippen LogP contribution in [0.3, 0.4) is 0 Å². The Kier molecular flexibility index (Phi) is 3.40. The fourth-order valence-corrected chi connectivity index (χ4v) is 3.18. The second kappa shape index (κ2) is 5.47. The van der Waals surface area contributed by atoms with Crippen LogP contribution in [0.2, 0.25) is 0 Å². The summed E-state index contributed by atoms with van der Waals surface area (Å²) in [5.41, 5.74) is 1.73. The summed E-state index contributed by atoms with van der Waals surface area (Å²) in [4.78, 5) is 39.4. The number of hydrogen-bond acceptors (Lipinski definition) is 4. The quantitative estimate of drug-likeness (QED) is 0.638. The molecule has 1 aliphatic heterocycles. The average molecular weight is 326 g/mol. The smallest absolute Gasteiger partial charge is 0.336 e. The molecule has 1 saturated carbocycles. The van der Waals surface area contributed by atoms with Crippen LogP contribution >= 0.6 is 0 Å². The monoisotopic (exact) mass is 326 g/mol. The largest absolute Gasteiger partial charge is 0.423 e. The lowest BCUT2D eigenvalue weighted by molar-refractivity contribution is -0.125. The van der Waals surface area contributed by atoms with Crippen LogP contribution in [-0.4, -0.2) is 34.3 Å². The Morgan fingerprint density at radius 2 is 1.96 bits per heavy atom. The number of aryl methyl sites for hydroxylation is 1. The van der Waals surface area contributed by atoms with E-state index in [1.54, 1.807) is 4.90 Å². The summed E-state index contributed by atoms with van der Waals surface area (Å²) in [6, 6.07) is 7.01. The van der Waals surface area contributed by atoms with Crippen LogP contribution in [0.4, 0.5) is 4.79 Å². The Morgan fingerprint density at radius 1 is 1.17 bits per heavy atom. The average Bonchev–Trinajstić information content (AvgIpc) is 3.36. The van der Waals surface area contributed by atoms with Crippen LogP contribution in [0.25, 0.3) is 11.0 Å². The van der Waals surface area contributed by atoms with Crippen molar-refractivity contribution in [3.8, 4) is 0 Å². The Morgan fingerprint density at radius 3 is 2.67 bits per heavy atom. The molecule has 1 aromatic carbocycles. The van der Waals surface area contributed by atoms with E-state index in [4.69, 9.17) is 4.42 Å². The van der Waals surface area contributed by atoms with Crippen molar-refractivity contribution in [2.45, 2.75) is 38.8 Å². The molecule has 2 aromatic rings. The maximum Gasteiger partial charge on any atom is 0.336 e. The van der Waals surface area contributed by atoms with Crippen molar-refractivity contribution < 1.29 is 14.0 Å². The van der Waals surface area contributed by atoms with Crippen molar-refractivity contribution >= 4 is 22.9 Å². The predicted molar refractivity (Wildman–Crippen MR) is 87.5 cm³/mol. The minimum Gasteiger partial charge on any atom is -0.423 e. The molecular weight excluding hydrogens is 308 g/mol. The summed E-state index contributed by atoms with van der Waals surface area (Å²) >= 11 is 0. The molecule has 0 bridgehead atoms. The molecule has 2 fully saturated rings. The first-order chi connectivity index (χ1) is 11.6. The first-order valence-corrected chi connectivity index (χ1v) is 8.23. The van der Waals surface area contributed by atoms with Crippen LogP contribution in [0.5, 0.6) is 0 Å². The van der Waals surface area contributed by atoms with Crippen molar-refractivity contribution in [1.29, 1.82) is 0 Å². The van der Waals surface area contributed by atoms with E-state index in [1.807, 2.05) is 25.1 Å². The number of imide groups is 1. The van der Waals surface area contributed by atoms with E-state index in [9.17, 15) is 14.4 Å². The SMILES string of the molecule is CCc1ccc2c(CN3C(=O)CN(C4CC4)C3=O)cc(=O)oc2c1. The standard InChI is InChI=1S/C18H18N2O4/c1-2-11-3-6-14-12(8-17(22)24-15(14)7-11)9-20-16(21)10-19(18(20)23)13-4-5-13/h3,6-8,13H,2,4-5,9-10H2,1H3. The van der Waals surface area contributed by atoms with Crippen molar-refractivity contribution in [3.05, 3.63) is 45.8 Å². The molecule has 1 saturated heterocycles. The number of nitrogens with zero attached hydrogens (tertiary/aromatic N) is 2. The van der Waals surface area contributed by atoms with Gasteiger partial charge in [-0.15, -0.1) is 0 Å². The minimum absolute atomic E-state index is 0.106. The molecule has 4 rings (SSSR count). The van der Waals surface area contributed by atoms with Crippen molar-refractivity contribution in [1.82, 2.24) is 9.80 Å². The molecule has 2 aliphatic rings. The maximum atomic E-state index is 12.5. The van der Waals surface area contributed by atoms with Crippen LogP contribution < -0.4 is 5.63 Å². The molecule has 0 N–H and O–H groups in total. The molecule has 0 atom stereocenters. The summed E-state index contributed by atoms with van der Waals surface area (Å²) in [6.45, 7) is 2.27. The number of urea groups is 1. The molecule has 0 radical (unpaired) electrons. The van der Waals surface area contributed by atoms with Crippen LogP contribution in [0.15, 0.2) is 33.5 Å². The van der Waals surface area contributed by atoms with E-state index in [-0.39, 0.29) is 31.1 Å². The maximum absolute atomic E-state index is 12.5. The van der Waals surface area contributed by atoms with Crippen molar-refractivity contribution in [2.24, 2.45) is 0 Å². The molecule has 2 heterocycles. The summed E-state index contributed by atoms with van der Waals surface area (Å²) < 4.78 is 5.28. The zero-order valence-corrected chi connectivity index (χ0v) is 13.4. The number of carbonyl (C=O) groups excluding carboxylic acids is 2. The van der Waals surface area contributed by atoms with Gasteiger partial charge in [0.2, 0.25) is 0 Å². The van der Waals surface area contributed by atoms with Gasteiger partial charge in [-0.3, -0.25) is 9.69 Å². The third-order valence-corrected chi connectivity index (χ3v) is 4.70.